The van der Waals surface area contributed by atoms with Gasteiger partial charge in [-0.1, -0.05) is 60.7 Å². The molecular formula is C25H22N4O3. The number of imidazole rings is 1. The van der Waals surface area contributed by atoms with Crippen molar-refractivity contribution in [2.45, 2.75) is 18.9 Å². The lowest BCUT2D eigenvalue weighted by atomic mass is 9.98. The molecule has 0 spiro atoms. The van der Waals surface area contributed by atoms with E-state index in [0.29, 0.717) is 17.1 Å². The molecule has 160 valence electrons. The molecule has 2 heterocycles. The third kappa shape index (κ3) is 4.89. The molecule has 0 amide bonds. The molecule has 7 heteroatoms. The molecule has 0 saturated heterocycles. The van der Waals surface area contributed by atoms with Crippen LogP contribution in [0.5, 0.6) is 0 Å². The Hall–Kier alpha value is -4.26. The first-order chi connectivity index (χ1) is 15.5. The number of nitrogen functional groups attached to an aromatic ring is 1. The van der Waals surface area contributed by atoms with Gasteiger partial charge in [0.25, 0.3) is 0 Å². The third-order valence-electron chi connectivity index (χ3n) is 5.24. The van der Waals surface area contributed by atoms with Crippen LogP contribution in [0.4, 0.5) is 5.82 Å². The minimum atomic E-state index is -0.991. The molecule has 4 rings (SSSR count). The largest absolute Gasteiger partial charge is 0.481 e. The SMILES string of the molecule is Nc1ccc(CC(C(=O)O)c2cn(CC(=O)c3ccc(-c4ccccc4)cc3)cn2)cn1. The third-order valence-corrected chi connectivity index (χ3v) is 5.24. The predicted octanol–water partition coefficient (Wildman–Crippen LogP) is 3.82. The summed E-state index contributed by atoms with van der Waals surface area (Å²) in [6, 6.07) is 20.8. The van der Waals surface area contributed by atoms with E-state index in [1.807, 2.05) is 42.5 Å². The number of carbonyl (C=O) groups is 2. The van der Waals surface area contributed by atoms with Crippen LogP contribution in [0.25, 0.3) is 11.1 Å². The van der Waals surface area contributed by atoms with Crippen molar-refractivity contribution in [1.29, 1.82) is 0 Å². The first-order valence-electron chi connectivity index (χ1n) is 10.1. The maximum atomic E-state index is 12.7. The molecule has 1 unspecified atom stereocenters. The summed E-state index contributed by atoms with van der Waals surface area (Å²) in [4.78, 5) is 32.8. The number of nitrogens with zero attached hydrogens (tertiary/aromatic N) is 3. The Balaban J connectivity index is 1.45. The predicted molar refractivity (Wildman–Crippen MR) is 121 cm³/mol. The first kappa shape index (κ1) is 21.0. The number of aromatic nitrogens is 3. The fourth-order valence-corrected chi connectivity index (χ4v) is 3.49. The van der Waals surface area contributed by atoms with E-state index in [0.717, 1.165) is 16.7 Å². The van der Waals surface area contributed by atoms with Crippen molar-refractivity contribution >= 4 is 17.6 Å². The number of carboxylic acids is 1. The standard InChI is InChI=1S/C25H22N4O3/c26-24-11-6-17(13-27-24)12-21(25(31)32)22-14-29(16-28-22)15-23(30)20-9-7-19(8-10-20)18-4-2-1-3-5-18/h1-11,13-14,16,21H,12,15H2,(H2,26,27)(H,31,32). The van der Waals surface area contributed by atoms with Crippen molar-refractivity contribution in [3.05, 3.63) is 102 Å². The van der Waals surface area contributed by atoms with E-state index in [1.165, 1.54) is 6.33 Å². The molecule has 0 saturated carbocycles. The second-order valence-corrected chi connectivity index (χ2v) is 7.52. The van der Waals surface area contributed by atoms with Gasteiger partial charge in [0.2, 0.25) is 0 Å². The molecule has 4 aromatic rings. The van der Waals surface area contributed by atoms with Crippen LogP contribution in [-0.2, 0) is 17.8 Å². The molecule has 0 radical (unpaired) electrons. The number of rotatable bonds is 8. The van der Waals surface area contributed by atoms with Gasteiger partial charge >= 0.3 is 5.97 Å². The Morgan fingerprint density at radius 2 is 1.66 bits per heavy atom. The number of anilines is 1. The molecule has 0 fully saturated rings. The highest BCUT2D eigenvalue weighted by Crippen LogP contribution is 2.21. The number of carbonyl (C=O) groups excluding carboxylic acids is 1. The highest BCUT2D eigenvalue weighted by Gasteiger charge is 2.23. The van der Waals surface area contributed by atoms with Crippen molar-refractivity contribution in [2.24, 2.45) is 0 Å². The van der Waals surface area contributed by atoms with Gasteiger partial charge in [-0.25, -0.2) is 9.97 Å². The van der Waals surface area contributed by atoms with Crippen LogP contribution < -0.4 is 5.73 Å². The zero-order chi connectivity index (χ0) is 22.5. The lowest BCUT2D eigenvalue weighted by Crippen LogP contribution is -2.15. The van der Waals surface area contributed by atoms with Crippen LogP contribution in [0.3, 0.4) is 0 Å². The molecule has 2 aromatic heterocycles. The Bertz CT molecular complexity index is 1220. The van der Waals surface area contributed by atoms with Gasteiger partial charge in [-0.3, -0.25) is 9.59 Å². The molecule has 3 N–H and O–H groups in total. The van der Waals surface area contributed by atoms with E-state index < -0.39 is 11.9 Å². The minimum Gasteiger partial charge on any atom is -0.481 e. The zero-order valence-corrected chi connectivity index (χ0v) is 17.3. The number of carboxylic acid groups (broad SMARTS) is 1. The van der Waals surface area contributed by atoms with Gasteiger partial charge in [-0.05, 0) is 29.2 Å². The summed E-state index contributed by atoms with van der Waals surface area (Å²) >= 11 is 0. The van der Waals surface area contributed by atoms with E-state index in [-0.39, 0.29) is 18.7 Å². The van der Waals surface area contributed by atoms with E-state index in [2.05, 4.69) is 9.97 Å². The fourth-order valence-electron chi connectivity index (χ4n) is 3.49. The highest BCUT2D eigenvalue weighted by molar-refractivity contribution is 5.96. The Morgan fingerprint density at radius 3 is 2.31 bits per heavy atom. The van der Waals surface area contributed by atoms with E-state index in [4.69, 9.17) is 5.73 Å². The lowest BCUT2D eigenvalue weighted by molar-refractivity contribution is -0.138. The number of pyridine rings is 1. The van der Waals surface area contributed by atoms with Crippen LogP contribution in [-0.4, -0.2) is 31.4 Å². The molecule has 0 aliphatic rings. The summed E-state index contributed by atoms with van der Waals surface area (Å²) in [5.74, 6) is -1.54. The quantitative estimate of drug-likeness (QED) is 0.414. The van der Waals surface area contributed by atoms with Gasteiger partial charge in [0.1, 0.15) is 11.7 Å². The van der Waals surface area contributed by atoms with Gasteiger partial charge in [0.05, 0.1) is 18.6 Å². The molecular weight excluding hydrogens is 404 g/mol. The van der Waals surface area contributed by atoms with Gasteiger partial charge in [-0.15, -0.1) is 0 Å². The van der Waals surface area contributed by atoms with Crippen LogP contribution >= 0.6 is 0 Å². The van der Waals surface area contributed by atoms with Crippen molar-refractivity contribution in [3.63, 3.8) is 0 Å². The summed E-state index contributed by atoms with van der Waals surface area (Å²) in [7, 11) is 0. The second kappa shape index (κ2) is 9.26. The monoisotopic (exact) mass is 426 g/mol. The maximum Gasteiger partial charge on any atom is 0.312 e. The number of aliphatic carboxylic acids is 1. The summed E-state index contributed by atoms with van der Waals surface area (Å²) < 4.78 is 1.61. The van der Waals surface area contributed by atoms with E-state index in [1.54, 1.807) is 41.2 Å². The number of hydrogen-bond acceptors (Lipinski definition) is 5. The van der Waals surface area contributed by atoms with E-state index >= 15 is 0 Å². The van der Waals surface area contributed by atoms with Gasteiger partial charge in [0.15, 0.2) is 5.78 Å². The average molecular weight is 426 g/mol. The Kier molecular flexibility index (Phi) is 6.07. The summed E-state index contributed by atoms with van der Waals surface area (Å²) in [5.41, 5.74) is 9.43. The Morgan fingerprint density at radius 1 is 0.938 bits per heavy atom. The molecule has 32 heavy (non-hydrogen) atoms. The van der Waals surface area contributed by atoms with Gasteiger partial charge in [0, 0.05) is 18.0 Å². The minimum absolute atomic E-state index is 0.0768. The van der Waals surface area contributed by atoms with Crippen molar-refractivity contribution in [2.75, 3.05) is 5.73 Å². The Labute approximate surface area is 185 Å². The second-order valence-electron chi connectivity index (χ2n) is 7.52. The zero-order valence-electron chi connectivity index (χ0n) is 17.3. The summed E-state index contributed by atoms with van der Waals surface area (Å²) in [6.07, 6.45) is 4.89. The molecule has 0 bridgehead atoms. The normalized spacial score (nSPS) is 11.8. The van der Waals surface area contributed by atoms with Crippen molar-refractivity contribution in [3.8, 4) is 11.1 Å². The number of Topliss-reactive ketones (excluding diaryl/α,β-unsaturated/α-hetero) is 1. The highest BCUT2D eigenvalue weighted by atomic mass is 16.4. The topological polar surface area (TPSA) is 111 Å². The molecule has 0 aliphatic heterocycles. The molecule has 1 atom stereocenters. The lowest BCUT2D eigenvalue weighted by Gasteiger charge is -2.10. The molecule has 2 aromatic carbocycles. The van der Waals surface area contributed by atoms with Crippen molar-refractivity contribution in [1.82, 2.24) is 14.5 Å². The molecule has 7 nitrogen and oxygen atoms in total. The number of nitrogens with two attached hydrogens (primary N) is 1. The first-order valence-corrected chi connectivity index (χ1v) is 10.1. The van der Waals surface area contributed by atoms with Crippen LogP contribution in [0.2, 0.25) is 0 Å². The number of ketones is 1. The van der Waals surface area contributed by atoms with Crippen LogP contribution in [0.1, 0.15) is 27.5 Å². The smallest absolute Gasteiger partial charge is 0.312 e. The van der Waals surface area contributed by atoms with Gasteiger partial charge in [-0.2, -0.15) is 0 Å². The van der Waals surface area contributed by atoms with Crippen LogP contribution in [0.15, 0.2) is 85.5 Å². The van der Waals surface area contributed by atoms with Crippen molar-refractivity contribution < 1.29 is 14.7 Å². The summed E-state index contributed by atoms with van der Waals surface area (Å²) in [5, 5.41) is 9.67. The van der Waals surface area contributed by atoms with E-state index in [9.17, 15) is 14.7 Å². The molecule has 0 aliphatic carbocycles. The summed E-state index contributed by atoms with van der Waals surface area (Å²) in [6.45, 7) is 0.0768. The number of hydrogen-bond donors (Lipinski definition) is 2. The fraction of sp³-hybridized carbons (Fsp3) is 0.120. The van der Waals surface area contributed by atoms with Gasteiger partial charge < -0.3 is 15.4 Å². The average Bonchev–Trinajstić information content (AvgIpc) is 3.27. The number of benzene rings is 2. The van der Waals surface area contributed by atoms with Crippen LogP contribution in [0, 0.1) is 0 Å². The maximum absolute atomic E-state index is 12.7.